The number of nitrogens with zero attached hydrogens (tertiary/aromatic N) is 1. The maximum absolute atomic E-state index is 12.8. The fourth-order valence-electron chi connectivity index (χ4n) is 3.63. The molecule has 3 rings (SSSR count). The van der Waals surface area contributed by atoms with Crippen LogP contribution in [0, 0.1) is 0 Å². The van der Waals surface area contributed by atoms with Crippen LogP contribution in [0.5, 0.6) is 5.75 Å². The van der Waals surface area contributed by atoms with Crippen LogP contribution in [-0.4, -0.2) is 37.1 Å². The van der Waals surface area contributed by atoms with Gasteiger partial charge in [0.15, 0.2) is 0 Å². The first-order valence-electron chi connectivity index (χ1n) is 9.59. The standard InChI is InChI=1S/C22H24F3NO3/c1-28-21(27)19-8-5-14-26(19)15-13-20(16-6-3-2-4-7-16)29-18-11-9-17(10-12-18)22(23,24)25/h2-4,6-7,9-12,19-20H,5,8,13-15H2,1H3/t19-,20?/m0/s1. The minimum atomic E-state index is -4.38. The van der Waals surface area contributed by atoms with Gasteiger partial charge in [-0.2, -0.15) is 13.2 Å². The van der Waals surface area contributed by atoms with Gasteiger partial charge in [-0.05, 0) is 49.2 Å². The normalized spacial score (nSPS) is 18.4. The van der Waals surface area contributed by atoms with Crippen LogP contribution in [0.3, 0.4) is 0 Å². The second-order valence-electron chi connectivity index (χ2n) is 7.05. The Hall–Kier alpha value is -2.54. The highest BCUT2D eigenvalue weighted by Gasteiger charge is 2.32. The van der Waals surface area contributed by atoms with E-state index in [4.69, 9.17) is 9.47 Å². The zero-order chi connectivity index (χ0) is 20.9. The summed E-state index contributed by atoms with van der Waals surface area (Å²) in [5.74, 6) is 0.139. The number of likely N-dealkylation sites (tertiary alicyclic amines) is 1. The van der Waals surface area contributed by atoms with Crippen LogP contribution in [0.15, 0.2) is 54.6 Å². The molecule has 0 N–H and O–H groups in total. The maximum Gasteiger partial charge on any atom is 0.416 e. The van der Waals surface area contributed by atoms with Crippen molar-refractivity contribution in [2.45, 2.75) is 37.6 Å². The summed E-state index contributed by atoms with van der Waals surface area (Å²) >= 11 is 0. The Kier molecular flexibility index (Phi) is 6.79. The highest BCUT2D eigenvalue weighted by atomic mass is 19.4. The van der Waals surface area contributed by atoms with Crippen molar-refractivity contribution in [1.82, 2.24) is 4.90 Å². The number of hydrogen-bond acceptors (Lipinski definition) is 4. The zero-order valence-corrected chi connectivity index (χ0v) is 16.2. The van der Waals surface area contributed by atoms with Crippen molar-refractivity contribution in [2.24, 2.45) is 0 Å². The van der Waals surface area contributed by atoms with Gasteiger partial charge in [0.2, 0.25) is 0 Å². The molecule has 156 valence electrons. The highest BCUT2D eigenvalue weighted by Crippen LogP contribution is 2.32. The van der Waals surface area contributed by atoms with Gasteiger partial charge in [-0.25, -0.2) is 0 Å². The van der Waals surface area contributed by atoms with E-state index in [0.29, 0.717) is 18.7 Å². The molecule has 0 aromatic heterocycles. The van der Waals surface area contributed by atoms with Crippen LogP contribution < -0.4 is 4.74 Å². The third-order valence-corrected chi connectivity index (χ3v) is 5.15. The smallest absolute Gasteiger partial charge is 0.416 e. The van der Waals surface area contributed by atoms with Gasteiger partial charge in [0.1, 0.15) is 17.9 Å². The molecule has 0 saturated carbocycles. The van der Waals surface area contributed by atoms with Gasteiger partial charge >= 0.3 is 12.1 Å². The Balaban J connectivity index is 1.71. The van der Waals surface area contributed by atoms with Crippen molar-refractivity contribution in [3.8, 4) is 5.75 Å². The quantitative estimate of drug-likeness (QED) is 0.615. The fraction of sp³-hybridized carbons (Fsp3) is 0.409. The molecule has 2 aromatic rings. The molecule has 2 aromatic carbocycles. The van der Waals surface area contributed by atoms with Crippen molar-refractivity contribution in [1.29, 1.82) is 0 Å². The summed E-state index contributed by atoms with van der Waals surface area (Å²) in [6, 6.07) is 14.0. The summed E-state index contributed by atoms with van der Waals surface area (Å²) in [4.78, 5) is 14.0. The summed E-state index contributed by atoms with van der Waals surface area (Å²) < 4.78 is 49.3. The molecule has 0 aliphatic carbocycles. The minimum Gasteiger partial charge on any atom is -0.486 e. The molecule has 29 heavy (non-hydrogen) atoms. The number of alkyl halides is 3. The Bertz CT molecular complexity index is 793. The third-order valence-electron chi connectivity index (χ3n) is 5.15. The highest BCUT2D eigenvalue weighted by molar-refractivity contribution is 5.75. The Labute approximate surface area is 168 Å². The van der Waals surface area contributed by atoms with Crippen molar-refractivity contribution in [3.05, 3.63) is 65.7 Å². The molecule has 7 heteroatoms. The van der Waals surface area contributed by atoms with E-state index in [0.717, 1.165) is 37.1 Å². The molecule has 1 unspecified atom stereocenters. The van der Waals surface area contributed by atoms with Crippen LogP contribution in [0.25, 0.3) is 0 Å². The van der Waals surface area contributed by atoms with E-state index in [1.165, 1.54) is 19.2 Å². The van der Waals surface area contributed by atoms with Gasteiger partial charge in [-0.15, -0.1) is 0 Å². The Morgan fingerprint density at radius 3 is 2.45 bits per heavy atom. The summed E-state index contributed by atoms with van der Waals surface area (Å²) in [5, 5.41) is 0. The number of methoxy groups -OCH3 is 1. The first-order valence-corrected chi connectivity index (χ1v) is 9.59. The Morgan fingerprint density at radius 2 is 1.83 bits per heavy atom. The average molecular weight is 407 g/mol. The topological polar surface area (TPSA) is 38.8 Å². The van der Waals surface area contributed by atoms with Crippen LogP contribution >= 0.6 is 0 Å². The fourth-order valence-corrected chi connectivity index (χ4v) is 3.63. The molecule has 4 nitrogen and oxygen atoms in total. The second-order valence-corrected chi connectivity index (χ2v) is 7.05. The monoisotopic (exact) mass is 407 g/mol. The van der Waals surface area contributed by atoms with Crippen molar-refractivity contribution >= 4 is 5.97 Å². The number of ether oxygens (including phenoxy) is 2. The van der Waals surface area contributed by atoms with Crippen molar-refractivity contribution in [3.63, 3.8) is 0 Å². The number of carbonyl (C=O) groups excluding carboxylic acids is 1. The number of hydrogen-bond donors (Lipinski definition) is 0. The van der Waals surface area contributed by atoms with E-state index in [1.54, 1.807) is 0 Å². The molecule has 1 aliphatic rings. The minimum absolute atomic E-state index is 0.234. The van der Waals surface area contributed by atoms with Gasteiger partial charge in [0.05, 0.1) is 12.7 Å². The summed E-state index contributed by atoms with van der Waals surface area (Å²) in [7, 11) is 1.39. The number of benzene rings is 2. The maximum atomic E-state index is 12.8. The molecule has 2 atom stereocenters. The van der Waals surface area contributed by atoms with Gasteiger partial charge in [-0.1, -0.05) is 30.3 Å². The van der Waals surface area contributed by atoms with E-state index in [-0.39, 0.29) is 18.1 Å². The predicted octanol–water partition coefficient (Wildman–Crippen LogP) is 4.85. The van der Waals surface area contributed by atoms with Crippen LogP contribution in [0.4, 0.5) is 13.2 Å². The van der Waals surface area contributed by atoms with Crippen molar-refractivity contribution in [2.75, 3.05) is 20.2 Å². The third kappa shape index (κ3) is 5.50. The molecule has 1 saturated heterocycles. The summed E-state index contributed by atoms with van der Waals surface area (Å²) in [6.07, 6.45) is -2.43. The van der Waals surface area contributed by atoms with E-state index < -0.39 is 11.7 Å². The molecule has 0 bridgehead atoms. The molecule has 0 radical (unpaired) electrons. The molecular weight excluding hydrogens is 383 g/mol. The lowest BCUT2D eigenvalue weighted by Crippen LogP contribution is -2.38. The lowest BCUT2D eigenvalue weighted by Gasteiger charge is -2.26. The SMILES string of the molecule is COC(=O)[C@@H]1CCCN1CCC(Oc1ccc(C(F)(F)F)cc1)c1ccccc1. The zero-order valence-electron chi connectivity index (χ0n) is 16.2. The first kappa shape index (κ1) is 21.2. The van der Waals surface area contributed by atoms with Gasteiger partial charge in [0.25, 0.3) is 0 Å². The van der Waals surface area contributed by atoms with E-state index >= 15 is 0 Å². The molecule has 1 fully saturated rings. The Morgan fingerprint density at radius 1 is 1.14 bits per heavy atom. The van der Waals surface area contributed by atoms with Gasteiger partial charge in [-0.3, -0.25) is 9.69 Å². The van der Waals surface area contributed by atoms with Gasteiger partial charge < -0.3 is 9.47 Å². The summed E-state index contributed by atoms with van der Waals surface area (Å²) in [5.41, 5.74) is 0.223. The second kappa shape index (κ2) is 9.31. The molecular formula is C22H24F3NO3. The van der Waals surface area contributed by atoms with Crippen LogP contribution in [0.1, 0.15) is 36.5 Å². The predicted molar refractivity (Wildman–Crippen MR) is 102 cm³/mol. The van der Waals surface area contributed by atoms with Gasteiger partial charge in [0, 0.05) is 13.0 Å². The largest absolute Gasteiger partial charge is 0.486 e. The first-order chi connectivity index (χ1) is 13.9. The molecule has 0 amide bonds. The van der Waals surface area contributed by atoms with Crippen LogP contribution in [-0.2, 0) is 15.7 Å². The van der Waals surface area contributed by atoms with E-state index in [9.17, 15) is 18.0 Å². The van der Waals surface area contributed by atoms with Crippen LogP contribution in [0.2, 0.25) is 0 Å². The molecule has 0 spiro atoms. The molecule has 1 aliphatic heterocycles. The lowest BCUT2D eigenvalue weighted by atomic mass is 10.1. The number of halogens is 3. The lowest BCUT2D eigenvalue weighted by molar-refractivity contribution is -0.146. The van der Waals surface area contributed by atoms with E-state index in [1.807, 2.05) is 30.3 Å². The number of rotatable bonds is 7. The summed E-state index contributed by atoms with van der Waals surface area (Å²) in [6.45, 7) is 1.43. The number of carbonyl (C=O) groups is 1. The average Bonchev–Trinajstić information content (AvgIpc) is 3.19. The molecule has 1 heterocycles. The van der Waals surface area contributed by atoms with Crippen molar-refractivity contribution < 1.29 is 27.4 Å². The van der Waals surface area contributed by atoms with E-state index in [2.05, 4.69) is 4.90 Å². The number of esters is 1.